The Morgan fingerprint density at radius 3 is 3.25 bits per heavy atom. The molecule has 1 aromatic heterocycles. The summed E-state index contributed by atoms with van der Waals surface area (Å²) in [6.45, 7) is 0. The normalized spacial score (nSPS) is 13.3. The van der Waals surface area contributed by atoms with Crippen molar-refractivity contribution in [2.24, 2.45) is 0 Å². The van der Waals surface area contributed by atoms with Crippen LogP contribution in [-0.4, -0.2) is 6.29 Å². The van der Waals surface area contributed by atoms with Gasteiger partial charge < -0.3 is 5.32 Å². The Morgan fingerprint density at radius 2 is 2.42 bits per heavy atom. The molecule has 0 amide bonds. The van der Waals surface area contributed by atoms with Crippen LogP contribution in [0.5, 0.6) is 0 Å². The van der Waals surface area contributed by atoms with E-state index in [2.05, 4.69) is 5.32 Å². The van der Waals surface area contributed by atoms with Crippen LogP contribution in [-0.2, 0) is 4.79 Å². The average molecular weight is 176 g/mol. The van der Waals surface area contributed by atoms with Gasteiger partial charge in [0, 0.05) is 28.6 Å². The van der Waals surface area contributed by atoms with E-state index in [4.69, 9.17) is 0 Å². The topological polar surface area (TPSA) is 29.1 Å². The van der Waals surface area contributed by atoms with Gasteiger partial charge in [0.1, 0.15) is 0 Å². The second kappa shape index (κ2) is 2.95. The Labute approximate surface area is 73.5 Å². The van der Waals surface area contributed by atoms with Crippen LogP contribution in [0.25, 0.3) is 12.3 Å². The summed E-state index contributed by atoms with van der Waals surface area (Å²) in [7, 11) is 0. The molecule has 0 spiro atoms. The Kier molecular flexibility index (Phi) is 1.80. The van der Waals surface area contributed by atoms with Gasteiger partial charge in [-0.2, -0.15) is 0 Å². The molecule has 2 rings (SSSR count). The molecule has 2 heterocycles. The van der Waals surface area contributed by atoms with Gasteiger partial charge in [-0.3, -0.25) is 4.79 Å². The van der Waals surface area contributed by atoms with E-state index in [0.717, 1.165) is 9.75 Å². The van der Waals surface area contributed by atoms with Crippen LogP contribution in [0.4, 0.5) is 0 Å². The summed E-state index contributed by atoms with van der Waals surface area (Å²) in [5, 5.41) is 5.75. The fourth-order valence-electron chi connectivity index (χ4n) is 1.07. The molecule has 0 fully saturated rings. The first-order chi connectivity index (χ1) is 5.92. The monoisotopic (exact) mass is 176 g/mol. The minimum atomic E-state index is 0.639. The van der Waals surface area contributed by atoms with Crippen molar-refractivity contribution in [3.63, 3.8) is 0 Å². The number of rotatable bonds is 1. The van der Waals surface area contributed by atoms with Gasteiger partial charge in [0.2, 0.25) is 6.29 Å². The van der Waals surface area contributed by atoms with Crippen LogP contribution in [0, 0.1) is 0 Å². The SMILES string of the molecule is O=[C]c1csc2c1=CC=CNC=2. The molecule has 12 heavy (non-hydrogen) atoms. The Hall–Kier alpha value is -1.35. The van der Waals surface area contributed by atoms with Crippen LogP contribution in [0.2, 0.25) is 0 Å². The molecule has 59 valence electrons. The highest BCUT2D eigenvalue weighted by Gasteiger charge is 1.98. The van der Waals surface area contributed by atoms with Crippen LogP contribution in [0.15, 0.2) is 17.7 Å². The standard InChI is InChI=1S/C9H6NOS/c11-5-7-6-12-9-4-10-3-1-2-8(7)9/h1-4,6,10H. The van der Waals surface area contributed by atoms with Crippen molar-refractivity contribution < 1.29 is 4.79 Å². The fourth-order valence-corrected chi connectivity index (χ4v) is 1.93. The summed E-state index contributed by atoms with van der Waals surface area (Å²) in [4.78, 5) is 10.5. The second-order valence-electron chi connectivity index (χ2n) is 2.37. The summed E-state index contributed by atoms with van der Waals surface area (Å²) in [6.07, 6.45) is 9.38. The summed E-state index contributed by atoms with van der Waals surface area (Å²) in [5.41, 5.74) is 0.639. The molecule has 0 atom stereocenters. The van der Waals surface area contributed by atoms with Crippen molar-refractivity contribution in [1.29, 1.82) is 0 Å². The summed E-state index contributed by atoms with van der Waals surface area (Å²) in [5.74, 6) is 0. The number of nitrogens with one attached hydrogen (secondary N) is 1. The van der Waals surface area contributed by atoms with Crippen molar-refractivity contribution in [2.45, 2.75) is 0 Å². The minimum Gasteiger partial charge on any atom is -0.366 e. The van der Waals surface area contributed by atoms with Crippen molar-refractivity contribution in [1.82, 2.24) is 5.32 Å². The Bertz CT molecular complexity index is 442. The van der Waals surface area contributed by atoms with Gasteiger partial charge in [-0.25, -0.2) is 0 Å². The number of hydrogen-bond donors (Lipinski definition) is 1. The molecule has 0 aliphatic carbocycles. The number of fused-ring (bicyclic) bond motifs is 1. The molecule has 1 aromatic rings. The molecular formula is C9H6NOS. The van der Waals surface area contributed by atoms with Gasteiger partial charge in [-0.1, -0.05) is 6.08 Å². The molecule has 1 aliphatic heterocycles. The smallest absolute Gasteiger partial charge is 0.235 e. The quantitative estimate of drug-likeness (QED) is 0.644. The van der Waals surface area contributed by atoms with E-state index < -0.39 is 0 Å². The maximum Gasteiger partial charge on any atom is 0.235 e. The van der Waals surface area contributed by atoms with E-state index in [0.29, 0.717) is 5.56 Å². The highest BCUT2D eigenvalue weighted by atomic mass is 32.1. The number of carbonyl (C=O) groups excluding carboxylic acids is 1. The summed E-state index contributed by atoms with van der Waals surface area (Å²) in [6, 6.07) is 0. The molecule has 1 aliphatic rings. The molecule has 1 N–H and O–H groups in total. The highest BCUT2D eigenvalue weighted by Crippen LogP contribution is 1.91. The lowest BCUT2D eigenvalue weighted by Gasteiger charge is -1.80. The van der Waals surface area contributed by atoms with E-state index in [-0.39, 0.29) is 0 Å². The number of allylic oxidation sites excluding steroid dienone is 1. The zero-order chi connectivity index (χ0) is 8.39. The number of thiophene rings is 1. The first kappa shape index (κ1) is 7.31. The zero-order valence-electron chi connectivity index (χ0n) is 6.20. The van der Waals surface area contributed by atoms with Gasteiger partial charge in [-0.05, 0) is 6.08 Å². The van der Waals surface area contributed by atoms with Gasteiger partial charge in [0.05, 0.1) is 4.53 Å². The molecule has 0 saturated carbocycles. The van der Waals surface area contributed by atoms with Crippen molar-refractivity contribution >= 4 is 29.9 Å². The van der Waals surface area contributed by atoms with Gasteiger partial charge in [0.25, 0.3) is 0 Å². The van der Waals surface area contributed by atoms with Crippen molar-refractivity contribution in [3.8, 4) is 0 Å². The highest BCUT2D eigenvalue weighted by molar-refractivity contribution is 7.08. The first-order valence-electron chi connectivity index (χ1n) is 3.50. The summed E-state index contributed by atoms with van der Waals surface area (Å²) < 4.78 is 1.07. The largest absolute Gasteiger partial charge is 0.366 e. The average Bonchev–Trinajstić information content (AvgIpc) is 2.33. The Morgan fingerprint density at radius 1 is 1.50 bits per heavy atom. The minimum absolute atomic E-state index is 0.639. The van der Waals surface area contributed by atoms with E-state index in [9.17, 15) is 4.79 Å². The predicted octanol–water partition coefficient (Wildman–Crippen LogP) is -0.159. The van der Waals surface area contributed by atoms with Crippen LogP contribution in [0.1, 0.15) is 5.56 Å². The molecule has 0 aromatic carbocycles. The summed E-state index contributed by atoms with van der Waals surface area (Å²) >= 11 is 1.54. The molecule has 1 radical (unpaired) electrons. The van der Waals surface area contributed by atoms with E-state index in [1.165, 1.54) is 11.3 Å². The predicted molar refractivity (Wildman–Crippen MR) is 49.6 cm³/mol. The molecule has 3 heteroatoms. The van der Waals surface area contributed by atoms with E-state index >= 15 is 0 Å². The molecule has 0 saturated heterocycles. The third kappa shape index (κ3) is 1.08. The van der Waals surface area contributed by atoms with Gasteiger partial charge in [-0.15, -0.1) is 11.3 Å². The third-order valence-corrected chi connectivity index (χ3v) is 2.58. The van der Waals surface area contributed by atoms with E-state index in [1.54, 1.807) is 0 Å². The lowest BCUT2D eigenvalue weighted by molar-refractivity contribution is 0.562. The first-order valence-corrected chi connectivity index (χ1v) is 4.38. The van der Waals surface area contributed by atoms with Gasteiger partial charge in [0.15, 0.2) is 0 Å². The fraction of sp³-hybridized carbons (Fsp3) is 0. The zero-order valence-corrected chi connectivity index (χ0v) is 7.02. The maximum absolute atomic E-state index is 10.5. The number of hydrogen-bond acceptors (Lipinski definition) is 3. The third-order valence-electron chi connectivity index (χ3n) is 1.64. The molecule has 0 bridgehead atoms. The van der Waals surface area contributed by atoms with Crippen molar-refractivity contribution in [3.05, 3.63) is 33.0 Å². The lowest BCUT2D eigenvalue weighted by atomic mass is 10.3. The molecular weight excluding hydrogens is 170 g/mol. The van der Waals surface area contributed by atoms with Crippen LogP contribution >= 0.6 is 11.3 Å². The molecule has 0 unspecified atom stereocenters. The van der Waals surface area contributed by atoms with Crippen LogP contribution in [0.3, 0.4) is 0 Å². The second-order valence-corrected chi connectivity index (χ2v) is 3.28. The van der Waals surface area contributed by atoms with Gasteiger partial charge >= 0.3 is 0 Å². The van der Waals surface area contributed by atoms with Crippen LogP contribution < -0.4 is 15.1 Å². The Balaban J connectivity index is 2.82. The lowest BCUT2D eigenvalue weighted by Crippen LogP contribution is -2.22. The van der Waals surface area contributed by atoms with Crippen molar-refractivity contribution in [2.75, 3.05) is 0 Å². The van der Waals surface area contributed by atoms with E-state index in [1.807, 2.05) is 36.2 Å². The maximum atomic E-state index is 10.5. The molecule has 2 nitrogen and oxygen atoms in total.